The van der Waals surface area contributed by atoms with Crippen LogP contribution in [0.4, 0.5) is 0 Å². The van der Waals surface area contributed by atoms with Crippen LogP contribution in [0.25, 0.3) is 0 Å². The summed E-state index contributed by atoms with van der Waals surface area (Å²) in [5, 5.41) is 3.19. The Labute approximate surface area is 91.3 Å². The van der Waals surface area contributed by atoms with Crippen LogP contribution in [0.1, 0.15) is 32.6 Å². The number of carbonyl (C=O) groups is 1. The fraction of sp³-hybridized carbons (Fsp3) is 0.909. The first-order valence-electron chi connectivity index (χ1n) is 5.70. The fourth-order valence-electron chi connectivity index (χ4n) is 1.83. The van der Waals surface area contributed by atoms with Crippen LogP contribution in [0.15, 0.2) is 0 Å². The van der Waals surface area contributed by atoms with Crippen LogP contribution in [0.2, 0.25) is 0 Å². The predicted molar refractivity (Wildman–Crippen MR) is 57.7 cm³/mol. The molecule has 4 heteroatoms. The van der Waals surface area contributed by atoms with Crippen LogP contribution < -0.4 is 5.32 Å². The van der Waals surface area contributed by atoms with Gasteiger partial charge < -0.3 is 14.8 Å². The molecular weight excluding hydrogens is 194 g/mol. The SMILES string of the molecule is CCC(NCCC1CCCO1)C(=O)OC. The highest BCUT2D eigenvalue weighted by molar-refractivity contribution is 5.75. The number of nitrogens with one attached hydrogen (secondary N) is 1. The summed E-state index contributed by atoms with van der Waals surface area (Å²) in [6, 6.07) is -0.170. The molecule has 15 heavy (non-hydrogen) atoms. The Bertz CT molecular complexity index is 190. The molecule has 1 heterocycles. The Kier molecular flexibility index (Phi) is 5.65. The van der Waals surface area contributed by atoms with Gasteiger partial charge in [0.2, 0.25) is 0 Å². The second-order valence-electron chi connectivity index (χ2n) is 3.86. The molecule has 1 saturated heterocycles. The van der Waals surface area contributed by atoms with Gasteiger partial charge in [-0.25, -0.2) is 0 Å². The first kappa shape index (κ1) is 12.5. The Balaban J connectivity index is 2.13. The van der Waals surface area contributed by atoms with Gasteiger partial charge in [0.05, 0.1) is 13.2 Å². The molecule has 88 valence electrons. The van der Waals surface area contributed by atoms with E-state index in [0.717, 1.165) is 32.4 Å². The lowest BCUT2D eigenvalue weighted by molar-refractivity contribution is -0.143. The molecule has 1 rings (SSSR count). The maximum Gasteiger partial charge on any atom is 0.322 e. The molecule has 0 aromatic heterocycles. The smallest absolute Gasteiger partial charge is 0.322 e. The van der Waals surface area contributed by atoms with Crippen molar-refractivity contribution in [2.45, 2.75) is 44.8 Å². The normalized spacial score (nSPS) is 22.7. The van der Waals surface area contributed by atoms with Crippen LogP contribution in [0, 0.1) is 0 Å². The highest BCUT2D eigenvalue weighted by atomic mass is 16.5. The summed E-state index contributed by atoms with van der Waals surface area (Å²) in [6.45, 7) is 3.68. The quantitative estimate of drug-likeness (QED) is 0.674. The van der Waals surface area contributed by atoms with Gasteiger partial charge in [-0.3, -0.25) is 4.79 Å². The summed E-state index contributed by atoms with van der Waals surface area (Å²) in [5.74, 6) is -0.176. The summed E-state index contributed by atoms with van der Waals surface area (Å²) in [5.41, 5.74) is 0. The molecule has 0 bridgehead atoms. The van der Waals surface area contributed by atoms with Crippen LogP contribution in [-0.4, -0.2) is 38.4 Å². The Morgan fingerprint density at radius 1 is 1.67 bits per heavy atom. The number of hydrogen-bond donors (Lipinski definition) is 1. The summed E-state index contributed by atoms with van der Waals surface area (Å²) >= 11 is 0. The highest BCUT2D eigenvalue weighted by Gasteiger charge is 2.18. The van der Waals surface area contributed by atoms with Gasteiger partial charge in [0.15, 0.2) is 0 Å². The van der Waals surface area contributed by atoms with E-state index in [1.165, 1.54) is 13.5 Å². The van der Waals surface area contributed by atoms with Crippen molar-refractivity contribution < 1.29 is 14.3 Å². The van der Waals surface area contributed by atoms with Crippen molar-refractivity contribution in [3.05, 3.63) is 0 Å². The maximum atomic E-state index is 11.3. The van der Waals surface area contributed by atoms with Gasteiger partial charge in [-0.2, -0.15) is 0 Å². The van der Waals surface area contributed by atoms with E-state index in [9.17, 15) is 4.79 Å². The van der Waals surface area contributed by atoms with Crippen molar-refractivity contribution in [1.29, 1.82) is 0 Å². The number of esters is 1. The maximum absolute atomic E-state index is 11.3. The molecule has 0 spiro atoms. The molecular formula is C11H21NO3. The zero-order valence-electron chi connectivity index (χ0n) is 9.62. The second kappa shape index (κ2) is 6.80. The molecule has 0 saturated carbocycles. The number of rotatable bonds is 6. The monoisotopic (exact) mass is 215 g/mol. The number of carbonyl (C=O) groups excluding carboxylic acids is 1. The van der Waals surface area contributed by atoms with Gasteiger partial charge in [-0.1, -0.05) is 6.92 Å². The van der Waals surface area contributed by atoms with E-state index in [1.807, 2.05) is 6.92 Å². The average Bonchev–Trinajstić information content (AvgIpc) is 2.76. The van der Waals surface area contributed by atoms with E-state index in [0.29, 0.717) is 6.10 Å². The van der Waals surface area contributed by atoms with Gasteiger partial charge in [-0.05, 0) is 32.2 Å². The molecule has 0 aromatic rings. The van der Waals surface area contributed by atoms with Crippen molar-refractivity contribution in [3.63, 3.8) is 0 Å². The number of methoxy groups -OCH3 is 1. The largest absolute Gasteiger partial charge is 0.468 e. The minimum absolute atomic E-state index is 0.170. The molecule has 1 aliphatic heterocycles. The lowest BCUT2D eigenvalue weighted by Gasteiger charge is -2.15. The van der Waals surface area contributed by atoms with Crippen molar-refractivity contribution >= 4 is 5.97 Å². The van der Waals surface area contributed by atoms with E-state index in [2.05, 4.69) is 5.32 Å². The van der Waals surface area contributed by atoms with Gasteiger partial charge >= 0.3 is 5.97 Å². The van der Waals surface area contributed by atoms with Gasteiger partial charge in [0.1, 0.15) is 6.04 Å². The fourth-order valence-corrected chi connectivity index (χ4v) is 1.83. The van der Waals surface area contributed by atoms with E-state index >= 15 is 0 Å². The number of ether oxygens (including phenoxy) is 2. The topological polar surface area (TPSA) is 47.6 Å². The standard InChI is InChI=1S/C11H21NO3/c1-3-10(11(13)14-2)12-7-6-9-5-4-8-15-9/h9-10,12H,3-8H2,1-2H3. The van der Waals surface area contributed by atoms with Crippen molar-refractivity contribution in [2.24, 2.45) is 0 Å². The zero-order valence-corrected chi connectivity index (χ0v) is 9.62. The molecule has 0 radical (unpaired) electrons. The van der Waals surface area contributed by atoms with E-state index in [-0.39, 0.29) is 12.0 Å². The molecule has 1 N–H and O–H groups in total. The third-order valence-electron chi connectivity index (χ3n) is 2.77. The molecule has 2 unspecified atom stereocenters. The predicted octanol–water partition coefficient (Wildman–Crippen LogP) is 1.10. The minimum atomic E-state index is -0.176. The minimum Gasteiger partial charge on any atom is -0.468 e. The van der Waals surface area contributed by atoms with Gasteiger partial charge in [-0.15, -0.1) is 0 Å². The lowest BCUT2D eigenvalue weighted by atomic mass is 10.1. The van der Waals surface area contributed by atoms with E-state index in [1.54, 1.807) is 0 Å². The summed E-state index contributed by atoms with van der Waals surface area (Å²) in [7, 11) is 1.42. The molecule has 0 aliphatic carbocycles. The third kappa shape index (κ3) is 4.18. The molecule has 2 atom stereocenters. The van der Waals surface area contributed by atoms with Gasteiger partial charge in [0.25, 0.3) is 0 Å². The first-order valence-corrected chi connectivity index (χ1v) is 5.70. The summed E-state index contributed by atoms with van der Waals surface area (Å²) < 4.78 is 10.2. The average molecular weight is 215 g/mol. The van der Waals surface area contributed by atoms with Crippen molar-refractivity contribution in [1.82, 2.24) is 5.32 Å². The molecule has 0 amide bonds. The van der Waals surface area contributed by atoms with Crippen LogP contribution in [0.5, 0.6) is 0 Å². The summed E-state index contributed by atoms with van der Waals surface area (Å²) in [4.78, 5) is 11.3. The van der Waals surface area contributed by atoms with E-state index < -0.39 is 0 Å². The first-order chi connectivity index (χ1) is 7.27. The van der Waals surface area contributed by atoms with Gasteiger partial charge in [0, 0.05) is 6.61 Å². The zero-order chi connectivity index (χ0) is 11.1. The van der Waals surface area contributed by atoms with E-state index in [4.69, 9.17) is 9.47 Å². The van der Waals surface area contributed by atoms with Crippen molar-refractivity contribution in [2.75, 3.05) is 20.3 Å². The lowest BCUT2D eigenvalue weighted by Crippen LogP contribution is -2.38. The Hall–Kier alpha value is -0.610. The number of hydrogen-bond acceptors (Lipinski definition) is 4. The second-order valence-corrected chi connectivity index (χ2v) is 3.86. The summed E-state index contributed by atoms with van der Waals surface area (Å²) in [6.07, 6.45) is 4.44. The molecule has 1 fully saturated rings. The molecule has 0 aromatic carbocycles. The Morgan fingerprint density at radius 3 is 3.00 bits per heavy atom. The molecule has 4 nitrogen and oxygen atoms in total. The highest BCUT2D eigenvalue weighted by Crippen LogP contribution is 2.14. The Morgan fingerprint density at radius 2 is 2.47 bits per heavy atom. The van der Waals surface area contributed by atoms with Crippen LogP contribution in [0.3, 0.4) is 0 Å². The van der Waals surface area contributed by atoms with Crippen LogP contribution >= 0.6 is 0 Å². The third-order valence-corrected chi connectivity index (χ3v) is 2.77. The van der Waals surface area contributed by atoms with Crippen LogP contribution in [-0.2, 0) is 14.3 Å². The molecule has 1 aliphatic rings. The van der Waals surface area contributed by atoms with Crippen molar-refractivity contribution in [3.8, 4) is 0 Å².